The fourth-order valence-corrected chi connectivity index (χ4v) is 1.89. The molecule has 8 heteroatoms. The third-order valence-corrected chi connectivity index (χ3v) is 2.60. The smallest absolute Gasteiger partial charge is 0.423 e. The van der Waals surface area contributed by atoms with Crippen LogP contribution in [0.2, 0.25) is 0 Å². The summed E-state index contributed by atoms with van der Waals surface area (Å²) in [4.78, 5) is 28.4. The maximum Gasteiger partial charge on any atom is 0.524 e. The zero-order valence-electron chi connectivity index (χ0n) is 9.78. The standard InChI is InChI=1S/C10H9O6P.Li/c1-6-4-10(11)15-9-5-7(2-3-8(6)9)16-17(12,13)14;/h2-5H,1H3,(H2,12,13,14);. The van der Waals surface area contributed by atoms with Crippen molar-refractivity contribution in [2.75, 3.05) is 0 Å². The van der Waals surface area contributed by atoms with Crippen molar-refractivity contribution in [3.05, 3.63) is 40.2 Å². The van der Waals surface area contributed by atoms with Crippen molar-refractivity contribution in [2.45, 2.75) is 6.92 Å². The van der Waals surface area contributed by atoms with Crippen LogP contribution >= 0.6 is 7.82 Å². The minimum Gasteiger partial charge on any atom is -0.423 e. The van der Waals surface area contributed by atoms with E-state index >= 15 is 0 Å². The van der Waals surface area contributed by atoms with Crippen LogP contribution in [0.25, 0.3) is 11.0 Å². The van der Waals surface area contributed by atoms with Crippen molar-refractivity contribution in [1.82, 2.24) is 0 Å². The number of hydrogen-bond acceptors (Lipinski definition) is 4. The molecule has 0 bridgehead atoms. The van der Waals surface area contributed by atoms with Gasteiger partial charge in [-0.1, -0.05) is 0 Å². The van der Waals surface area contributed by atoms with Crippen molar-refractivity contribution in [2.24, 2.45) is 0 Å². The van der Waals surface area contributed by atoms with Crippen LogP contribution < -0.4 is 10.1 Å². The first kappa shape index (κ1) is 15.0. The summed E-state index contributed by atoms with van der Waals surface area (Å²) in [6.45, 7) is 1.74. The van der Waals surface area contributed by atoms with Gasteiger partial charge in [-0.25, -0.2) is 9.36 Å². The molecular weight excluding hydrogens is 254 g/mol. The van der Waals surface area contributed by atoms with E-state index in [1.54, 1.807) is 13.0 Å². The molecule has 0 spiro atoms. The van der Waals surface area contributed by atoms with E-state index in [-0.39, 0.29) is 30.2 Å². The summed E-state index contributed by atoms with van der Waals surface area (Å²) < 4.78 is 20.0. The number of phosphoric ester groups is 1. The molecule has 1 radical (unpaired) electrons. The maximum absolute atomic E-state index is 11.1. The van der Waals surface area contributed by atoms with E-state index in [2.05, 4.69) is 4.52 Å². The average Bonchev–Trinajstić information content (AvgIpc) is 2.13. The molecule has 0 saturated heterocycles. The van der Waals surface area contributed by atoms with Crippen LogP contribution in [0.3, 0.4) is 0 Å². The van der Waals surface area contributed by atoms with Crippen molar-refractivity contribution in [3.8, 4) is 5.75 Å². The molecular formula is C10H9LiO6P. The van der Waals surface area contributed by atoms with Gasteiger partial charge in [-0.05, 0) is 24.6 Å². The molecule has 1 heterocycles. The van der Waals surface area contributed by atoms with Crippen LogP contribution in [-0.2, 0) is 4.57 Å². The van der Waals surface area contributed by atoms with Crippen molar-refractivity contribution in [1.29, 1.82) is 0 Å². The van der Waals surface area contributed by atoms with Crippen molar-refractivity contribution in [3.63, 3.8) is 0 Å². The average molecular weight is 263 g/mol. The van der Waals surface area contributed by atoms with Gasteiger partial charge in [0.05, 0.1) is 0 Å². The number of fused-ring (bicyclic) bond motifs is 1. The molecule has 0 fully saturated rings. The van der Waals surface area contributed by atoms with Crippen LogP contribution in [0, 0.1) is 6.92 Å². The van der Waals surface area contributed by atoms with E-state index in [1.165, 1.54) is 18.2 Å². The van der Waals surface area contributed by atoms with Gasteiger partial charge in [0, 0.05) is 36.4 Å². The third kappa shape index (κ3) is 3.48. The molecule has 0 aliphatic rings. The van der Waals surface area contributed by atoms with Crippen LogP contribution in [0.5, 0.6) is 5.75 Å². The third-order valence-electron chi connectivity index (χ3n) is 2.15. The summed E-state index contributed by atoms with van der Waals surface area (Å²) in [6.07, 6.45) is 0. The van der Waals surface area contributed by atoms with Gasteiger partial charge in [-0.15, -0.1) is 0 Å². The summed E-state index contributed by atoms with van der Waals surface area (Å²) in [5.74, 6) is -0.0559. The van der Waals surface area contributed by atoms with Gasteiger partial charge in [0.15, 0.2) is 0 Å². The van der Waals surface area contributed by atoms with E-state index in [0.717, 1.165) is 5.56 Å². The first-order valence-electron chi connectivity index (χ1n) is 4.65. The fourth-order valence-electron chi connectivity index (χ4n) is 1.50. The summed E-state index contributed by atoms with van der Waals surface area (Å²) in [7, 11) is -4.61. The van der Waals surface area contributed by atoms with Crippen molar-refractivity contribution < 1.29 is 23.3 Å². The SMILES string of the molecule is Cc1cc(=O)oc2cc(OP(=O)(O)O)ccc12.[Li]. The molecule has 0 atom stereocenters. The summed E-state index contributed by atoms with van der Waals surface area (Å²) in [5, 5.41) is 0.683. The second-order valence-electron chi connectivity index (χ2n) is 3.49. The van der Waals surface area contributed by atoms with Crippen LogP contribution in [0.1, 0.15) is 5.56 Å². The number of hydrogen-bond donors (Lipinski definition) is 2. The molecule has 2 N–H and O–H groups in total. The van der Waals surface area contributed by atoms with Crippen LogP contribution in [0.4, 0.5) is 0 Å². The molecule has 0 aliphatic carbocycles. The van der Waals surface area contributed by atoms with E-state index < -0.39 is 13.4 Å². The molecule has 0 aliphatic heterocycles. The Labute approximate surface area is 114 Å². The number of benzene rings is 1. The predicted octanol–water partition coefficient (Wildman–Crippen LogP) is 1.19. The topological polar surface area (TPSA) is 97.0 Å². The van der Waals surface area contributed by atoms with E-state index in [1.807, 2.05) is 0 Å². The van der Waals surface area contributed by atoms with Crippen molar-refractivity contribution >= 4 is 37.7 Å². The first-order valence-corrected chi connectivity index (χ1v) is 6.18. The Kier molecular flexibility index (Phi) is 4.44. The number of phosphoric acid groups is 1. The largest absolute Gasteiger partial charge is 0.524 e. The van der Waals surface area contributed by atoms with Gasteiger partial charge in [-0.3, -0.25) is 9.79 Å². The molecule has 6 nitrogen and oxygen atoms in total. The Morgan fingerprint density at radius 2 is 1.94 bits per heavy atom. The normalized spacial score (nSPS) is 11.1. The Morgan fingerprint density at radius 3 is 2.56 bits per heavy atom. The molecule has 1 aromatic carbocycles. The fraction of sp³-hybridized carbons (Fsp3) is 0.100. The molecule has 91 valence electrons. The van der Waals surface area contributed by atoms with E-state index in [0.29, 0.717) is 5.39 Å². The molecule has 18 heavy (non-hydrogen) atoms. The molecule has 0 saturated carbocycles. The summed E-state index contributed by atoms with van der Waals surface area (Å²) in [5.41, 5.74) is 0.420. The summed E-state index contributed by atoms with van der Waals surface area (Å²) >= 11 is 0. The van der Waals surface area contributed by atoms with Gasteiger partial charge >= 0.3 is 13.4 Å². The molecule has 2 aromatic rings. The maximum atomic E-state index is 11.1. The summed E-state index contributed by atoms with van der Waals surface area (Å²) in [6, 6.07) is 5.57. The first-order chi connectivity index (χ1) is 7.85. The van der Waals surface area contributed by atoms with Gasteiger partial charge in [-0.2, -0.15) is 0 Å². The zero-order valence-corrected chi connectivity index (χ0v) is 10.7. The number of rotatable bonds is 2. The molecule has 1 aromatic heterocycles. The second kappa shape index (κ2) is 5.31. The molecule has 0 unspecified atom stereocenters. The van der Waals surface area contributed by atoms with Gasteiger partial charge < -0.3 is 8.94 Å². The molecule has 2 rings (SSSR count). The van der Waals surface area contributed by atoms with Gasteiger partial charge in [0.2, 0.25) is 0 Å². The quantitative estimate of drug-likeness (QED) is 0.480. The predicted molar refractivity (Wildman–Crippen MR) is 65.6 cm³/mol. The Morgan fingerprint density at radius 1 is 1.28 bits per heavy atom. The van der Waals surface area contributed by atoms with Crippen LogP contribution in [-0.4, -0.2) is 28.6 Å². The molecule has 0 amide bonds. The number of aryl methyl sites for hydroxylation is 1. The Bertz CT molecular complexity index is 674. The van der Waals surface area contributed by atoms with Gasteiger partial charge in [0.25, 0.3) is 0 Å². The van der Waals surface area contributed by atoms with E-state index in [9.17, 15) is 9.36 Å². The van der Waals surface area contributed by atoms with Gasteiger partial charge in [0.1, 0.15) is 11.3 Å². The minimum absolute atomic E-state index is 0. The van der Waals surface area contributed by atoms with Crippen LogP contribution in [0.15, 0.2) is 33.5 Å². The zero-order chi connectivity index (χ0) is 12.6. The Hall–Kier alpha value is -1.02. The Balaban J connectivity index is 0.00000162. The monoisotopic (exact) mass is 263 g/mol. The minimum atomic E-state index is -4.61. The van der Waals surface area contributed by atoms with E-state index in [4.69, 9.17) is 14.2 Å². The second-order valence-corrected chi connectivity index (χ2v) is 4.65.